The van der Waals surface area contributed by atoms with Crippen LogP contribution in [-0.2, 0) is 12.8 Å². The van der Waals surface area contributed by atoms with E-state index in [1.54, 1.807) is 0 Å². The van der Waals surface area contributed by atoms with Crippen molar-refractivity contribution >= 4 is 0 Å². The SMILES string of the molecule is CCCC1CCC(C/C=C\Cc2ccc(CC)cc2)CC1. The summed E-state index contributed by atoms with van der Waals surface area (Å²) < 4.78 is 0. The predicted octanol–water partition coefficient (Wildman–Crippen LogP) is 6.34. The normalized spacial score (nSPS) is 22.8. The maximum atomic E-state index is 2.43. The molecule has 0 unspecified atom stereocenters. The highest BCUT2D eigenvalue weighted by Crippen LogP contribution is 2.33. The van der Waals surface area contributed by atoms with Crippen molar-refractivity contribution in [3.63, 3.8) is 0 Å². The summed E-state index contributed by atoms with van der Waals surface area (Å²) in [5.41, 5.74) is 2.88. The second-order valence-electron chi connectivity index (χ2n) is 6.76. The van der Waals surface area contributed by atoms with Gasteiger partial charge in [-0.15, -0.1) is 0 Å². The molecule has 2 rings (SSSR count). The highest BCUT2D eigenvalue weighted by Gasteiger charge is 2.19. The Kier molecular flexibility index (Phi) is 7.06. The molecule has 1 saturated carbocycles. The van der Waals surface area contributed by atoms with Crippen LogP contribution in [0, 0.1) is 11.8 Å². The van der Waals surface area contributed by atoms with Crippen molar-refractivity contribution in [3.8, 4) is 0 Å². The molecule has 0 bridgehead atoms. The molecule has 1 fully saturated rings. The zero-order valence-corrected chi connectivity index (χ0v) is 14.0. The summed E-state index contributed by atoms with van der Waals surface area (Å²) in [7, 11) is 0. The molecule has 0 aromatic heterocycles. The van der Waals surface area contributed by atoms with Crippen LogP contribution in [0.25, 0.3) is 0 Å². The molecule has 0 atom stereocenters. The molecule has 0 aliphatic heterocycles. The minimum Gasteiger partial charge on any atom is -0.0879 e. The van der Waals surface area contributed by atoms with E-state index < -0.39 is 0 Å². The monoisotopic (exact) mass is 284 g/mol. The van der Waals surface area contributed by atoms with E-state index in [9.17, 15) is 0 Å². The fourth-order valence-corrected chi connectivity index (χ4v) is 3.58. The molecule has 0 saturated heterocycles. The van der Waals surface area contributed by atoms with E-state index in [1.807, 2.05) is 0 Å². The van der Waals surface area contributed by atoms with Crippen molar-refractivity contribution in [1.29, 1.82) is 0 Å². The van der Waals surface area contributed by atoms with Crippen molar-refractivity contribution < 1.29 is 0 Å². The highest BCUT2D eigenvalue weighted by atomic mass is 14.2. The largest absolute Gasteiger partial charge is 0.0879 e. The third-order valence-corrected chi connectivity index (χ3v) is 5.08. The van der Waals surface area contributed by atoms with Crippen molar-refractivity contribution in [3.05, 3.63) is 47.5 Å². The molecular weight excluding hydrogens is 252 g/mol. The van der Waals surface area contributed by atoms with Crippen LogP contribution in [0.2, 0.25) is 0 Å². The van der Waals surface area contributed by atoms with Crippen LogP contribution in [0.15, 0.2) is 36.4 Å². The van der Waals surface area contributed by atoms with Crippen molar-refractivity contribution in [2.45, 2.75) is 71.6 Å². The maximum absolute atomic E-state index is 2.43. The van der Waals surface area contributed by atoms with Gasteiger partial charge in [0.1, 0.15) is 0 Å². The quantitative estimate of drug-likeness (QED) is 0.512. The summed E-state index contributed by atoms with van der Waals surface area (Å²) in [6.07, 6.45) is 17.0. The first kappa shape index (κ1) is 16.3. The van der Waals surface area contributed by atoms with Gasteiger partial charge in [0.2, 0.25) is 0 Å². The van der Waals surface area contributed by atoms with Gasteiger partial charge in [-0.3, -0.25) is 0 Å². The van der Waals surface area contributed by atoms with Crippen molar-refractivity contribution in [1.82, 2.24) is 0 Å². The number of allylic oxidation sites excluding steroid dienone is 2. The Morgan fingerprint density at radius 2 is 1.48 bits per heavy atom. The van der Waals surface area contributed by atoms with Gasteiger partial charge in [-0.05, 0) is 55.1 Å². The molecule has 0 spiro atoms. The summed E-state index contributed by atoms with van der Waals surface area (Å²) in [5.74, 6) is 1.99. The number of aryl methyl sites for hydroxylation is 1. The minimum absolute atomic E-state index is 0.955. The number of hydrogen-bond acceptors (Lipinski definition) is 0. The lowest BCUT2D eigenvalue weighted by atomic mass is 9.79. The van der Waals surface area contributed by atoms with E-state index in [0.29, 0.717) is 0 Å². The average molecular weight is 284 g/mol. The Balaban J connectivity index is 1.66. The van der Waals surface area contributed by atoms with Crippen LogP contribution in [0.4, 0.5) is 0 Å². The summed E-state index contributed by atoms with van der Waals surface area (Å²) in [6.45, 7) is 4.53. The predicted molar refractivity (Wildman–Crippen MR) is 93.6 cm³/mol. The van der Waals surface area contributed by atoms with Crippen molar-refractivity contribution in [2.24, 2.45) is 11.8 Å². The molecule has 0 heteroatoms. The third kappa shape index (κ3) is 5.69. The summed E-state index contributed by atoms with van der Waals surface area (Å²) in [4.78, 5) is 0. The standard InChI is InChI=1S/C21H32/c1-3-7-19-14-16-21(17-15-19)9-6-5-8-20-12-10-18(4-2)11-13-20/h5-6,10-13,19,21H,3-4,7-9,14-17H2,1-2H3/b6-5-. The Bertz CT molecular complexity index is 404. The fourth-order valence-electron chi connectivity index (χ4n) is 3.58. The van der Waals surface area contributed by atoms with Gasteiger partial charge in [-0.2, -0.15) is 0 Å². The summed E-state index contributed by atoms with van der Waals surface area (Å²) >= 11 is 0. The zero-order chi connectivity index (χ0) is 14.9. The fraction of sp³-hybridized carbons (Fsp3) is 0.619. The van der Waals surface area contributed by atoms with Gasteiger partial charge >= 0.3 is 0 Å². The first-order valence-electron chi connectivity index (χ1n) is 9.04. The minimum atomic E-state index is 0.955. The topological polar surface area (TPSA) is 0 Å². The molecule has 1 aromatic carbocycles. The van der Waals surface area contributed by atoms with Gasteiger partial charge in [-0.1, -0.05) is 75.9 Å². The van der Waals surface area contributed by atoms with Gasteiger partial charge in [0, 0.05) is 0 Å². The van der Waals surface area contributed by atoms with Crippen LogP contribution in [0.5, 0.6) is 0 Å². The van der Waals surface area contributed by atoms with Gasteiger partial charge in [0.25, 0.3) is 0 Å². The lowest BCUT2D eigenvalue weighted by Crippen LogP contribution is -2.13. The molecule has 1 aliphatic carbocycles. The molecule has 116 valence electrons. The summed E-state index contributed by atoms with van der Waals surface area (Å²) in [6, 6.07) is 9.08. The Labute approximate surface area is 131 Å². The Morgan fingerprint density at radius 3 is 2.10 bits per heavy atom. The zero-order valence-electron chi connectivity index (χ0n) is 14.0. The summed E-state index contributed by atoms with van der Waals surface area (Å²) in [5, 5.41) is 0. The second kappa shape index (κ2) is 9.07. The molecule has 0 N–H and O–H groups in total. The molecule has 0 radical (unpaired) electrons. The molecule has 1 aromatic rings. The van der Waals surface area contributed by atoms with E-state index in [2.05, 4.69) is 50.3 Å². The molecule has 0 amide bonds. The van der Waals surface area contributed by atoms with Gasteiger partial charge in [0.15, 0.2) is 0 Å². The molecule has 21 heavy (non-hydrogen) atoms. The van der Waals surface area contributed by atoms with E-state index >= 15 is 0 Å². The average Bonchev–Trinajstić information content (AvgIpc) is 2.54. The van der Waals surface area contributed by atoms with E-state index in [0.717, 1.165) is 24.7 Å². The smallest absolute Gasteiger partial charge is 0.00975 e. The molecular formula is C21H32. The number of hydrogen-bond donors (Lipinski definition) is 0. The Hall–Kier alpha value is -1.04. The third-order valence-electron chi connectivity index (χ3n) is 5.08. The van der Waals surface area contributed by atoms with Gasteiger partial charge in [-0.25, -0.2) is 0 Å². The lowest BCUT2D eigenvalue weighted by Gasteiger charge is -2.27. The van der Waals surface area contributed by atoms with Crippen LogP contribution in [-0.4, -0.2) is 0 Å². The van der Waals surface area contributed by atoms with Crippen LogP contribution < -0.4 is 0 Å². The van der Waals surface area contributed by atoms with Crippen LogP contribution in [0.1, 0.15) is 69.9 Å². The first-order valence-corrected chi connectivity index (χ1v) is 9.04. The van der Waals surface area contributed by atoms with E-state index in [4.69, 9.17) is 0 Å². The molecule has 0 heterocycles. The van der Waals surface area contributed by atoms with E-state index in [-0.39, 0.29) is 0 Å². The maximum Gasteiger partial charge on any atom is -0.00975 e. The highest BCUT2D eigenvalue weighted by molar-refractivity contribution is 5.24. The lowest BCUT2D eigenvalue weighted by molar-refractivity contribution is 0.263. The van der Waals surface area contributed by atoms with Crippen LogP contribution >= 0.6 is 0 Å². The number of rotatable bonds is 7. The Morgan fingerprint density at radius 1 is 0.857 bits per heavy atom. The molecule has 1 aliphatic rings. The van der Waals surface area contributed by atoms with E-state index in [1.165, 1.54) is 56.1 Å². The van der Waals surface area contributed by atoms with Gasteiger partial charge in [0.05, 0.1) is 0 Å². The number of benzene rings is 1. The van der Waals surface area contributed by atoms with Crippen LogP contribution in [0.3, 0.4) is 0 Å². The molecule has 0 nitrogen and oxygen atoms in total. The van der Waals surface area contributed by atoms with Crippen molar-refractivity contribution in [2.75, 3.05) is 0 Å². The second-order valence-corrected chi connectivity index (χ2v) is 6.76. The van der Waals surface area contributed by atoms with Gasteiger partial charge < -0.3 is 0 Å². The first-order chi connectivity index (χ1) is 10.3.